The van der Waals surface area contributed by atoms with Gasteiger partial charge in [0.1, 0.15) is 5.58 Å². The molecular formula is C29H25Cl2N3O4. The average Bonchev–Trinajstić information content (AvgIpc) is 3.33. The maximum Gasteiger partial charge on any atom is 0.282 e. The predicted octanol–water partition coefficient (Wildman–Crippen LogP) is 7.57. The summed E-state index contributed by atoms with van der Waals surface area (Å²) in [4.78, 5) is 18.2. The lowest BCUT2D eigenvalue weighted by Crippen LogP contribution is -2.20. The number of fused-ring (bicyclic) bond motifs is 2. The molecule has 0 N–H and O–H groups in total. The van der Waals surface area contributed by atoms with Crippen molar-refractivity contribution >= 4 is 51.3 Å². The number of ether oxygens (including phenoxy) is 2. The molecule has 2 heterocycles. The van der Waals surface area contributed by atoms with Gasteiger partial charge in [-0.15, -0.1) is 0 Å². The summed E-state index contributed by atoms with van der Waals surface area (Å²) in [6.45, 7) is 6.31. The zero-order chi connectivity index (χ0) is 26.8. The summed E-state index contributed by atoms with van der Waals surface area (Å²) >= 11 is 12.7. The van der Waals surface area contributed by atoms with Gasteiger partial charge in [-0.25, -0.2) is 4.98 Å². The highest BCUT2D eigenvalue weighted by molar-refractivity contribution is 6.32. The maximum absolute atomic E-state index is 13.5. The summed E-state index contributed by atoms with van der Waals surface area (Å²) < 4.78 is 19.0. The number of aromatic nitrogens is 2. The van der Waals surface area contributed by atoms with Crippen molar-refractivity contribution in [3.8, 4) is 23.1 Å². The molecule has 1 atom stereocenters. The fraction of sp³-hybridized carbons (Fsp3) is 0.207. The second-order valence-electron chi connectivity index (χ2n) is 8.71. The first kappa shape index (κ1) is 25.8. The summed E-state index contributed by atoms with van der Waals surface area (Å²) in [5, 5.41) is 6.69. The van der Waals surface area contributed by atoms with Crippen molar-refractivity contribution in [3.63, 3.8) is 0 Å². The van der Waals surface area contributed by atoms with E-state index in [1.54, 1.807) is 54.6 Å². The summed E-state index contributed by atoms with van der Waals surface area (Å²) in [6, 6.07) is 17.7. The van der Waals surface area contributed by atoms with Crippen LogP contribution in [0.15, 0.2) is 75.0 Å². The Morgan fingerprint density at radius 3 is 2.71 bits per heavy atom. The molecule has 5 rings (SSSR count). The number of hydrogen-bond acceptors (Lipinski definition) is 6. The normalized spacial score (nSPS) is 12.4. The molecule has 0 radical (unpaired) electrons. The fourth-order valence-corrected chi connectivity index (χ4v) is 4.41. The largest absolute Gasteiger partial charge is 0.490 e. The van der Waals surface area contributed by atoms with Crippen molar-refractivity contribution in [2.45, 2.75) is 33.3 Å². The van der Waals surface area contributed by atoms with Gasteiger partial charge in [0.05, 0.1) is 34.9 Å². The van der Waals surface area contributed by atoms with E-state index >= 15 is 0 Å². The summed E-state index contributed by atoms with van der Waals surface area (Å²) in [6.07, 6.45) is 2.32. The fourth-order valence-electron chi connectivity index (χ4n) is 3.96. The van der Waals surface area contributed by atoms with Crippen LogP contribution in [0.4, 0.5) is 0 Å². The van der Waals surface area contributed by atoms with Crippen LogP contribution in [0.5, 0.6) is 11.5 Å². The first-order valence-electron chi connectivity index (χ1n) is 12.3. The summed E-state index contributed by atoms with van der Waals surface area (Å²) in [7, 11) is 0. The smallest absolute Gasteiger partial charge is 0.282 e. The van der Waals surface area contributed by atoms with Gasteiger partial charge in [0.2, 0.25) is 5.82 Å². The summed E-state index contributed by atoms with van der Waals surface area (Å²) in [5.41, 5.74) is 1.43. The van der Waals surface area contributed by atoms with Gasteiger partial charge in [-0.3, -0.25) is 4.79 Å². The molecule has 0 saturated carbocycles. The van der Waals surface area contributed by atoms with E-state index in [1.807, 2.05) is 26.8 Å². The monoisotopic (exact) mass is 549 g/mol. The van der Waals surface area contributed by atoms with Crippen molar-refractivity contribution in [3.05, 3.63) is 86.6 Å². The van der Waals surface area contributed by atoms with E-state index in [0.29, 0.717) is 56.0 Å². The maximum atomic E-state index is 13.5. The third kappa shape index (κ3) is 5.12. The van der Waals surface area contributed by atoms with Crippen LogP contribution in [0, 0.1) is 0 Å². The van der Waals surface area contributed by atoms with Crippen LogP contribution in [0.25, 0.3) is 33.5 Å². The van der Waals surface area contributed by atoms with Crippen LogP contribution in [0.2, 0.25) is 10.0 Å². The van der Waals surface area contributed by atoms with E-state index in [2.05, 4.69) is 5.10 Å². The lowest BCUT2D eigenvalue weighted by Gasteiger charge is -2.18. The van der Waals surface area contributed by atoms with E-state index in [-0.39, 0.29) is 17.5 Å². The van der Waals surface area contributed by atoms with E-state index in [9.17, 15) is 4.79 Å². The van der Waals surface area contributed by atoms with E-state index in [0.717, 1.165) is 11.8 Å². The van der Waals surface area contributed by atoms with Crippen LogP contribution in [-0.4, -0.2) is 28.6 Å². The van der Waals surface area contributed by atoms with Gasteiger partial charge in [-0.2, -0.15) is 9.78 Å². The standard InChI is InChI=1S/C29H25Cl2N3O4/c1-4-17(3)37-27-22(31)12-18(13-25(27)36-5-2)16-32-34-28(33-23-9-7-6-8-21(23)29(34)35)26-15-19-14-20(30)10-11-24(19)38-26/h6-17H,4-5H2,1-3H3/t17-/m1/s1. The molecule has 0 fully saturated rings. The molecule has 0 aliphatic carbocycles. The van der Waals surface area contributed by atoms with Crippen molar-refractivity contribution in [1.29, 1.82) is 0 Å². The molecule has 0 spiro atoms. The first-order chi connectivity index (χ1) is 18.4. The topological polar surface area (TPSA) is 78.9 Å². The molecule has 0 unspecified atom stereocenters. The molecule has 0 bridgehead atoms. The molecule has 7 nitrogen and oxygen atoms in total. The summed E-state index contributed by atoms with van der Waals surface area (Å²) in [5.74, 6) is 1.61. The number of para-hydroxylation sites is 1. The second kappa shape index (κ2) is 10.9. The molecule has 0 amide bonds. The number of rotatable bonds is 8. The van der Waals surface area contributed by atoms with Crippen LogP contribution in [-0.2, 0) is 0 Å². The molecule has 0 aliphatic heterocycles. The van der Waals surface area contributed by atoms with Gasteiger partial charge in [-0.05, 0) is 74.4 Å². The molecule has 5 aromatic rings. The van der Waals surface area contributed by atoms with E-state index in [1.165, 1.54) is 10.9 Å². The zero-order valence-corrected chi connectivity index (χ0v) is 22.6. The molecule has 0 saturated heterocycles. The SMILES string of the molecule is CCOc1cc(C=Nn2c(-c3cc4cc(Cl)ccc4o3)nc3ccccc3c2=O)cc(Cl)c1O[C@H](C)CC. The Balaban J connectivity index is 1.64. The van der Waals surface area contributed by atoms with Gasteiger partial charge in [0.25, 0.3) is 5.56 Å². The number of nitrogens with zero attached hydrogens (tertiary/aromatic N) is 3. The lowest BCUT2D eigenvalue weighted by molar-refractivity contribution is 0.203. The minimum atomic E-state index is -0.340. The van der Waals surface area contributed by atoms with Crippen LogP contribution < -0.4 is 15.0 Å². The Bertz CT molecular complexity index is 1730. The van der Waals surface area contributed by atoms with Crippen molar-refractivity contribution in [1.82, 2.24) is 9.66 Å². The van der Waals surface area contributed by atoms with Gasteiger partial charge in [-0.1, -0.05) is 42.3 Å². The van der Waals surface area contributed by atoms with Crippen molar-refractivity contribution < 1.29 is 13.9 Å². The minimum absolute atomic E-state index is 0.0327. The quantitative estimate of drug-likeness (QED) is 0.186. The van der Waals surface area contributed by atoms with Crippen molar-refractivity contribution in [2.75, 3.05) is 6.61 Å². The zero-order valence-electron chi connectivity index (χ0n) is 21.1. The highest BCUT2D eigenvalue weighted by atomic mass is 35.5. The van der Waals surface area contributed by atoms with Crippen molar-refractivity contribution in [2.24, 2.45) is 5.10 Å². The number of halogens is 2. The molecule has 38 heavy (non-hydrogen) atoms. The third-order valence-electron chi connectivity index (χ3n) is 6.00. The minimum Gasteiger partial charge on any atom is -0.490 e. The average molecular weight is 550 g/mol. The van der Waals surface area contributed by atoms with Gasteiger partial charge in [0.15, 0.2) is 17.3 Å². The van der Waals surface area contributed by atoms with E-state index < -0.39 is 0 Å². The Morgan fingerprint density at radius 1 is 1.11 bits per heavy atom. The number of furan rings is 1. The molecular weight excluding hydrogens is 525 g/mol. The number of hydrogen-bond donors (Lipinski definition) is 0. The Kier molecular flexibility index (Phi) is 7.40. The van der Waals surface area contributed by atoms with Gasteiger partial charge in [0, 0.05) is 10.4 Å². The molecule has 9 heteroatoms. The Hall–Kier alpha value is -3.81. The highest BCUT2D eigenvalue weighted by Gasteiger charge is 2.18. The Morgan fingerprint density at radius 2 is 1.92 bits per heavy atom. The molecule has 2 aromatic heterocycles. The third-order valence-corrected chi connectivity index (χ3v) is 6.52. The molecule has 194 valence electrons. The predicted molar refractivity (Wildman–Crippen MR) is 152 cm³/mol. The highest BCUT2D eigenvalue weighted by Crippen LogP contribution is 2.37. The molecule has 3 aromatic carbocycles. The first-order valence-corrected chi connectivity index (χ1v) is 13.0. The van der Waals surface area contributed by atoms with Gasteiger partial charge < -0.3 is 13.9 Å². The number of benzene rings is 3. The lowest BCUT2D eigenvalue weighted by atomic mass is 10.2. The van der Waals surface area contributed by atoms with Crippen LogP contribution >= 0.6 is 23.2 Å². The Labute approximate surface area is 229 Å². The molecule has 0 aliphatic rings. The second-order valence-corrected chi connectivity index (χ2v) is 9.55. The van der Waals surface area contributed by atoms with Crippen LogP contribution in [0.1, 0.15) is 32.8 Å². The van der Waals surface area contributed by atoms with Gasteiger partial charge >= 0.3 is 0 Å². The van der Waals surface area contributed by atoms with Crippen LogP contribution in [0.3, 0.4) is 0 Å². The van der Waals surface area contributed by atoms with E-state index in [4.69, 9.17) is 42.1 Å².